The topological polar surface area (TPSA) is 55.1 Å². The molecule has 1 fully saturated rings. The maximum atomic E-state index is 11.5. The minimum absolute atomic E-state index is 0.0556. The summed E-state index contributed by atoms with van der Waals surface area (Å²) in [7, 11) is 0. The van der Waals surface area contributed by atoms with Crippen LogP contribution in [0.3, 0.4) is 0 Å². The average Bonchev–Trinajstić information content (AvgIpc) is 2.23. The predicted octanol–water partition coefficient (Wildman–Crippen LogP) is 1.79. The lowest BCUT2D eigenvalue weighted by molar-refractivity contribution is -0.122. The van der Waals surface area contributed by atoms with Crippen molar-refractivity contribution in [3.8, 4) is 0 Å². The molecule has 0 bridgehead atoms. The van der Waals surface area contributed by atoms with E-state index in [2.05, 4.69) is 29.6 Å². The highest BCUT2D eigenvalue weighted by molar-refractivity contribution is 5.77. The molecule has 0 aromatic heterocycles. The number of nitrogens with one attached hydrogen (secondary N) is 1. The van der Waals surface area contributed by atoms with E-state index in [9.17, 15) is 4.79 Å². The quantitative estimate of drug-likeness (QED) is 0.831. The van der Waals surface area contributed by atoms with Crippen LogP contribution in [0.15, 0.2) is 30.3 Å². The Hall–Kier alpha value is -1.35. The predicted molar refractivity (Wildman–Crippen MR) is 68.6 cm³/mol. The number of hydrogen-bond donors (Lipinski definition) is 2. The molecule has 2 rings (SSSR count). The number of amides is 1. The first-order valence-corrected chi connectivity index (χ1v) is 6.25. The van der Waals surface area contributed by atoms with Gasteiger partial charge in [0.1, 0.15) is 0 Å². The van der Waals surface area contributed by atoms with Gasteiger partial charge in [-0.3, -0.25) is 4.79 Å². The fraction of sp³-hybridized carbons (Fsp3) is 0.500. The van der Waals surface area contributed by atoms with Gasteiger partial charge < -0.3 is 11.1 Å². The molecular formula is C14H20N2O. The first-order valence-electron chi connectivity index (χ1n) is 6.25. The SMILES string of the molecule is CC(N)CC(=O)NC1CC(c2ccccc2)C1. The third kappa shape index (κ3) is 3.30. The van der Waals surface area contributed by atoms with E-state index in [4.69, 9.17) is 5.73 Å². The van der Waals surface area contributed by atoms with E-state index in [0.717, 1.165) is 12.8 Å². The van der Waals surface area contributed by atoms with E-state index in [-0.39, 0.29) is 11.9 Å². The van der Waals surface area contributed by atoms with Gasteiger partial charge >= 0.3 is 0 Å². The molecular weight excluding hydrogens is 212 g/mol. The van der Waals surface area contributed by atoms with Gasteiger partial charge in [0.15, 0.2) is 0 Å². The van der Waals surface area contributed by atoms with Crippen LogP contribution in [-0.2, 0) is 4.79 Å². The number of hydrogen-bond acceptors (Lipinski definition) is 2. The third-order valence-electron chi connectivity index (χ3n) is 3.28. The molecule has 1 amide bonds. The summed E-state index contributed by atoms with van der Waals surface area (Å²) < 4.78 is 0. The molecule has 1 atom stereocenters. The van der Waals surface area contributed by atoms with E-state index in [1.807, 2.05) is 13.0 Å². The van der Waals surface area contributed by atoms with Crippen LogP contribution in [0.5, 0.6) is 0 Å². The average molecular weight is 232 g/mol. The van der Waals surface area contributed by atoms with E-state index in [1.54, 1.807) is 0 Å². The monoisotopic (exact) mass is 232 g/mol. The minimum atomic E-state index is -0.0556. The normalized spacial score (nSPS) is 24.8. The van der Waals surface area contributed by atoms with Crippen molar-refractivity contribution in [2.45, 2.75) is 44.2 Å². The second kappa shape index (κ2) is 5.32. The molecule has 0 heterocycles. The summed E-state index contributed by atoms with van der Waals surface area (Å²) in [5, 5.41) is 3.03. The molecule has 3 N–H and O–H groups in total. The zero-order chi connectivity index (χ0) is 12.3. The van der Waals surface area contributed by atoms with Crippen molar-refractivity contribution in [2.75, 3.05) is 0 Å². The van der Waals surface area contributed by atoms with Crippen molar-refractivity contribution in [1.29, 1.82) is 0 Å². The second-order valence-corrected chi connectivity index (χ2v) is 5.02. The van der Waals surface area contributed by atoms with E-state index in [0.29, 0.717) is 18.4 Å². The fourth-order valence-electron chi connectivity index (χ4n) is 2.31. The van der Waals surface area contributed by atoms with Crippen LogP contribution < -0.4 is 11.1 Å². The Morgan fingerprint density at radius 3 is 2.65 bits per heavy atom. The van der Waals surface area contributed by atoms with Gasteiger partial charge in [0, 0.05) is 18.5 Å². The smallest absolute Gasteiger partial charge is 0.221 e. The first kappa shape index (κ1) is 12.1. The second-order valence-electron chi connectivity index (χ2n) is 5.02. The molecule has 1 unspecified atom stereocenters. The molecule has 3 heteroatoms. The van der Waals surface area contributed by atoms with Crippen LogP contribution in [-0.4, -0.2) is 18.0 Å². The lowest BCUT2D eigenvalue weighted by atomic mass is 9.76. The van der Waals surface area contributed by atoms with Gasteiger partial charge in [0.25, 0.3) is 0 Å². The number of benzene rings is 1. The summed E-state index contributed by atoms with van der Waals surface area (Å²) in [5.41, 5.74) is 6.97. The fourth-order valence-corrected chi connectivity index (χ4v) is 2.31. The molecule has 1 aliphatic carbocycles. The van der Waals surface area contributed by atoms with E-state index >= 15 is 0 Å². The Morgan fingerprint density at radius 2 is 2.06 bits per heavy atom. The summed E-state index contributed by atoms with van der Waals surface area (Å²) in [4.78, 5) is 11.5. The third-order valence-corrected chi connectivity index (χ3v) is 3.28. The molecule has 0 aliphatic heterocycles. The summed E-state index contributed by atoms with van der Waals surface area (Å²) >= 11 is 0. The highest BCUT2D eigenvalue weighted by Crippen LogP contribution is 2.36. The van der Waals surface area contributed by atoms with E-state index < -0.39 is 0 Å². The molecule has 1 saturated carbocycles. The molecule has 17 heavy (non-hydrogen) atoms. The summed E-state index contributed by atoms with van der Waals surface area (Å²) in [6.45, 7) is 1.85. The van der Waals surface area contributed by atoms with Crippen LogP contribution in [0.25, 0.3) is 0 Å². The van der Waals surface area contributed by atoms with Crippen LogP contribution >= 0.6 is 0 Å². The van der Waals surface area contributed by atoms with Gasteiger partial charge in [-0.15, -0.1) is 0 Å². The first-order chi connectivity index (χ1) is 8.15. The van der Waals surface area contributed by atoms with Gasteiger partial charge in [-0.1, -0.05) is 30.3 Å². The molecule has 1 aliphatic rings. The zero-order valence-corrected chi connectivity index (χ0v) is 10.2. The van der Waals surface area contributed by atoms with Gasteiger partial charge in [-0.05, 0) is 31.2 Å². The molecule has 0 radical (unpaired) electrons. The highest BCUT2D eigenvalue weighted by Gasteiger charge is 2.31. The Bertz CT molecular complexity index is 369. The van der Waals surface area contributed by atoms with Crippen molar-refractivity contribution in [2.24, 2.45) is 5.73 Å². The lowest BCUT2D eigenvalue weighted by Gasteiger charge is -2.36. The van der Waals surface area contributed by atoms with Gasteiger partial charge in [0.05, 0.1) is 0 Å². The molecule has 0 spiro atoms. The van der Waals surface area contributed by atoms with Crippen molar-refractivity contribution in [1.82, 2.24) is 5.32 Å². The number of rotatable bonds is 4. The summed E-state index contributed by atoms with van der Waals surface area (Å²) in [5.74, 6) is 0.688. The molecule has 0 saturated heterocycles. The maximum Gasteiger partial charge on any atom is 0.221 e. The van der Waals surface area contributed by atoms with E-state index in [1.165, 1.54) is 5.56 Å². The van der Waals surface area contributed by atoms with Crippen LogP contribution in [0.1, 0.15) is 37.7 Å². The molecule has 92 valence electrons. The van der Waals surface area contributed by atoms with Crippen LogP contribution in [0.2, 0.25) is 0 Å². The lowest BCUT2D eigenvalue weighted by Crippen LogP contribution is -2.44. The Kier molecular flexibility index (Phi) is 3.79. The van der Waals surface area contributed by atoms with Crippen molar-refractivity contribution >= 4 is 5.91 Å². The van der Waals surface area contributed by atoms with Crippen molar-refractivity contribution < 1.29 is 4.79 Å². The number of nitrogens with two attached hydrogens (primary N) is 1. The van der Waals surface area contributed by atoms with Crippen LogP contribution in [0, 0.1) is 0 Å². The van der Waals surface area contributed by atoms with Gasteiger partial charge in [0.2, 0.25) is 5.91 Å². The Labute approximate surface area is 102 Å². The molecule has 1 aromatic carbocycles. The number of carbonyl (C=O) groups excluding carboxylic acids is 1. The van der Waals surface area contributed by atoms with Gasteiger partial charge in [-0.25, -0.2) is 0 Å². The van der Waals surface area contributed by atoms with Crippen molar-refractivity contribution in [3.63, 3.8) is 0 Å². The summed E-state index contributed by atoms with van der Waals surface area (Å²) in [6, 6.07) is 10.8. The highest BCUT2D eigenvalue weighted by atomic mass is 16.1. The Balaban J connectivity index is 1.74. The largest absolute Gasteiger partial charge is 0.353 e. The standard InChI is InChI=1S/C14H20N2O/c1-10(15)7-14(17)16-13-8-12(9-13)11-5-3-2-4-6-11/h2-6,10,12-13H,7-9,15H2,1H3,(H,16,17). The Morgan fingerprint density at radius 1 is 1.41 bits per heavy atom. The minimum Gasteiger partial charge on any atom is -0.353 e. The maximum absolute atomic E-state index is 11.5. The molecule has 1 aromatic rings. The molecule has 3 nitrogen and oxygen atoms in total. The van der Waals surface area contributed by atoms with Crippen molar-refractivity contribution in [3.05, 3.63) is 35.9 Å². The summed E-state index contributed by atoms with van der Waals surface area (Å²) in [6.07, 6.45) is 2.52. The number of carbonyl (C=O) groups is 1. The van der Waals surface area contributed by atoms with Gasteiger partial charge in [-0.2, -0.15) is 0 Å². The van der Waals surface area contributed by atoms with Crippen LogP contribution in [0.4, 0.5) is 0 Å². The zero-order valence-electron chi connectivity index (χ0n) is 10.2.